The van der Waals surface area contributed by atoms with Gasteiger partial charge >= 0.3 is 0 Å². The van der Waals surface area contributed by atoms with Crippen LogP contribution in [0.15, 0.2) is 48.8 Å². The lowest BCUT2D eigenvalue weighted by atomic mass is 9.98. The van der Waals surface area contributed by atoms with Crippen LogP contribution in [0.1, 0.15) is 22.4 Å². The molecule has 0 atom stereocenters. The fourth-order valence-corrected chi connectivity index (χ4v) is 4.44. The van der Waals surface area contributed by atoms with E-state index in [9.17, 15) is 8.42 Å². The number of benzene rings is 2. The normalized spacial score (nSPS) is 14.0. The van der Waals surface area contributed by atoms with E-state index in [-0.39, 0.29) is 5.69 Å². The Morgan fingerprint density at radius 2 is 2.00 bits per heavy atom. The van der Waals surface area contributed by atoms with Gasteiger partial charge in [-0.15, -0.1) is 0 Å². The molecule has 0 aliphatic carbocycles. The average molecular weight is 420 g/mol. The summed E-state index contributed by atoms with van der Waals surface area (Å²) in [5.74, 6) is 0. The molecule has 0 saturated carbocycles. The van der Waals surface area contributed by atoms with Crippen LogP contribution in [0, 0.1) is 18.3 Å². The third-order valence-electron chi connectivity index (χ3n) is 5.26. The van der Waals surface area contributed by atoms with E-state index in [4.69, 9.17) is 5.26 Å². The van der Waals surface area contributed by atoms with E-state index in [0.717, 1.165) is 33.6 Å². The van der Waals surface area contributed by atoms with Crippen molar-refractivity contribution in [3.8, 4) is 17.3 Å². The lowest BCUT2D eigenvalue weighted by molar-refractivity contribution is 0.395. The molecule has 7 nitrogen and oxygen atoms in total. The third-order valence-corrected chi connectivity index (χ3v) is 6.51. The Morgan fingerprint density at radius 1 is 1.17 bits per heavy atom. The lowest BCUT2D eigenvalue weighted by Crippen LogP contribution is -2.35. The van der Waals surface area contributed by atoms with Gasteiger partial charge < -0.3 is 5.32 Å². The molecule has 0 amide bonds. The summed E-state index contributed by atoms with van der Waals surface area (Å²) in [5.41, 5.74) is 7.00. The van der Waals surface area contributed by atoms with Crippen LogP contribution in [0.25, 0.3) is 11.3 Å². The van der Waals surface area contributed by atoms with Crippen molar-refractivity contribution in [3.05, 3.63) is 71.2 Å². The molecule has 0 fully saturated rings. The average Bonchev–Trinajstić information content (AvgIpc) is 2.74. The second-order valence-corrected chi connectivity index (χ2v) is 9.33. The van der Waals surface area contributed by atoms with E-state index >= 15 is 0 Å². The summed E-state index contributed by atoms with van der Waals surface area (Å²) in [7, 11) is -3.21. The summed E-state index contributed by atoms with van der Waals surface area (Å²) in [6.07, 6.45) is 4.98. The van der Waals surface area contributed by atoms with Crippen LogP contribution in [0.2, 0.25) is 0 Å². The van der Waals surface area contributed by atoms with E-state index in [1.807, 2.05) is 49.4 Å². The van der Waals surface area contributed by atoms with E-state index in [1.54, 1.807) is 6.20 Å². The Bertz CT molecular complexity index is 1250. The van der Waals surface area contributed by atoms with Gasteiger partial charge in [-0.3, -0.25) is 4.98 Å². The molecule has 0 unspecified atom stereocenters. The predicted octanol–water partition coefficient (Wildman–Crippen LogP) is 3.39. The minimum atomic E-state index is -3.21. The number of hydrogen-bond donors (Lipinski definition) is 1. The Kier molecular flexibility index (Phi) is 5.24. The van der Waals surface area contributed by atoms with Crippen molar-refractivity contribution in [1.29, 1.82) is 5.26 Å². The molecule has 0 spiro atoms. The first-order valence-electron chi connectivity index (χ1n) is 9.51. The van der Waals surface area contributed by atoms with Gasteiger partial charge in [-0.05, 0) is 48.2 Å². The van der Waals surface area contributed by atoms with Gasteiger partial charge in [0, 0.05) is 30.0 Å². The predicted molar refractivity (Wildman–Crippen MR) is 116 cm³/mol. The van der Waals surface area contributed by atoms with Crippen molar-refractivity contribution in [2.24, 2.45) is 0 Å². The number of nitriles is 1. The minimum absolute atomic E-state index is 0.282. The number of nitrogens with one attached hydrogen (secondary N) is 1. The fourth-order valence-electron chi connectivity index (χ4n) is 3.64. The van der Waals surface area contributed by atoms with Gasteiger partial charge in [0.1, 0.15) is 6.07 Å². The third kappa shape index (κ3) is 4.03. The van der Waals surface area contributed by atoms with Crippen molar-refractivity contribution in [3.63, 3.8) is 0 Å². The van der Waals surface area contributed by atoms with Crippen LogP contribution in [-0.4, -0.2) is 35.5 Å². The van der Waals surface area contributed by atoms with E-state index in [2.05, 4.69) is 15.3 Å². The first-order valence-corrected chi connectivity index (χ1v) is 11.4. The summed E-state index contributed by atoms with van der Waals surface area (Å²) < 4.78 is 25.3. The number of sulfonamides is 1. The molecule has 8 heteroatoms. The molecule has 0 radical (unpaired) electrons. The van der Waals surface area contributed by atoms with Gasteiger partial charge in [0.25, 0.3) is 0 Å². The summed E-state index contributed by atoms with van der Waals surface area (Å²) in [6.45, 7) is 2.87. The Balaban J connectivity index is 1.64. The first-order chi connectivity index (χ1) is 14.3. The SMILES string of the molecule is Cc1ccc(Nc2cccc3c2CCN(S(C)(=O)=O)C3)cc1-c1cnc(C#N)cn1. The maximum absolute atomic E-state index is 11.9. The molecule has 152 valence electrons. The molecule has 3 aromatic rings. The second kappa shape index (κ2) is 7.86. The van der Waals surface area contributed by atoms with Crippen molar-refractivity contribution < 1.29 is 8.42 Å². The highest BCUT2D eigenvalue weighted by atomic mass is 32.2. The van der Waals surface area contributed by atoms with Gasteiger partial charge in [0.2, 0.25) is 10.0 Å². The lowest BCUT2D eigenvalue weighted by Gasteiger charge is -2.28. The largest absolute Gasteiger partial charge is 0.355 e. The van der Waals surface area contributed by atoms with Crippen LogP contribution in [-0.2, 0) is 23.0 Å². The van der Waals surface area contributed by atoms with Crippen molar-refractivity contribution in [2.75, 3.05) is 18.1 Å². The van der Waals surface area contributed by atoms with Gasteiger partial charge in [0.15, 0.2) is 5.69 Å². The van der Waals surface area contributed by atoms with Crippen LogP contribution in [0.5, 0.6) is 0 Å². The number of fused-ring (bicyclic) bond motifs is 1. The van der Waals surface area contributed by atoms with Crippen molar-refractivity contribution in [2.45, 2.75) is 19.9 Å². The maximum atomic E-state index is 11.9. The summed E-state index contributed by atoms with van der Waals surface area (Å²) in [5, 5.41) is 12.4. The van der Waals surface area contributed by atoms with E-state index in [0.29, 0.717) is 25.2 Å². The fraction of sp³-hybridized carbons (Fsp3) is 0.227. The Morgan fingerprint density at radius 3 is 2.70 bits per heavy atom. The summed E-state index contributed by atoms with van der Waals surface area (Å²) >= 11 is 0. The number of aryl methyl sites for hydroxylation is 1. The maximum Gasteiger partial charge on any atom is 0.211 e. The quantitative estimate of drug-likeness (QED) is 0.696. The zero-order valence-electron chi connectivity index (χ0n) is 16.8. The molecule has 1 aliphatic heterocycles. The Hall–Kier alpha value is -3.28. The van der Waals surface area contributed by atoms with Crippen molar-refractivity contribution >= 4 is 21.4 Å². The molecular weight excluding hydrogens is 398 g/mol. The number of nitrogens with zero attached hydrogens (tertiary/aromatic N) is 4. The molecule has 1 aliphatic rings. The van der Waals surface area contributed by atoms with Crippen LogP contribution in [0.3, 0.4) is 0 Å². The zero-order valence-corrected chi connectivity index (χ0v) is 17.6. The molecule has 0 saturated heterocycles. The van der Waals surface area contributed by atoms with Crippen molar-refractivity contribution in [1.82, 2.24) is 14.3 Å². The molecule has 1 aromatic heterocycles. The number of hydrogen-bond acceptors (Lipinski definition) is 6. The molecule has 30 heavy (non-hydrogen) atoms. The van der Waals surface area contributed by atoms with Crippen LogP contribution in [0.4, 0.5) is 11.4 Å². The van der Waals surface area contributed by atoms with Crippen LogP contribution >= 0.6 is 0 Å². The van der Waals surface area contributed by atoms with Crippen LogP contribution < -0.4 is 5.32 Å². The van der Waals surface area contributed by atoms with Gasteiger partial charge in [-0.2, -0.15) is 9.57 Å². The topological polar surface area (TPSA) is 99.0 Å². The molecule has 2 heterocycles. The summed E-state index contributed by atoms with van der Waals surface area (Å²) in [6, 6.07) is 13.9. The zero-order chi connectivity index (χ0) is 21.3. The van der Waals surface area contributed by atoms with E-state index in [1.165, 1.54) is 16.8 Å². The van der Waals surface area contributed by atoms with Gasteiger partial charge in [-0.25, -0.2) is 13.4 Å². The monoisotopic (exact) mass is 419 g/mol. The number of anilines is 2. The highest BCUT2D eigenvalue weighted by molar-refractivity contribution is 7.88. The molecule has 4 rings (SSSR count). The summed E-state index contributed by atoms with van der Waals surface area (Å²) in [4.78, 5) is 8.47. The van der Waals surface area contributed by atoms with Gasteiger partial charge in [-0.1, -0.05) is 18.2 Å². The highest BCUT2D eigenvalue weighted by Gasteiger charge is 2.24. The number of aromatic nitrogens is 2. The Labute approximate surface area is 176 Å². The molecule has 1 N–H and O–H groups in total. The minimum Gasteiger partial charge on any atom is -0.355 e. The number of rotatable bonds is 4. The molecule has 2 aromatic carbocycles. The standard InChI is InChI=1S/C22H21N5O2S/c1-15-6-7-17(10-20(15)22-13-24-18(11-23)12-25-22)26-21-5-3-4-16-14-27(30(2,28)29)9-8-19(16)21/h3-7,10,12-13,26H,8-9,14H2,1-2H3. The first kappa shape index (κ1) is 20.0. The van der Waals surface area contributed by atoms with E-state index < -0.39 is 10.0 Å². The second-order valence-electron chi connectivity index (χ2n) is 7.34. The molecular formula is C22H21N5O2S. The highest BCUT2D eigenvalue weighted by Crippen LogP contribution is 2.31. The molecule has 0 bridgehead atoms. The van der Waals surface area contributed by atoms with Gasteiger partial charge in [0.05, 0.1) is 24.3 Å². The smallest absolute Gasteiger partial charge is 0.211 e.